The van der Waals surface area contributed by atoms with Gasteiger partial charge in [-0.3, -0.25) is 19.2 Å². The Morgan fingerprint density at radius 3 is 1.15 bits per heavy atom. The van der Waals surface area contributed by atoms with Crippen LogP contribution in [-0.4, -0.2) is 413 Å². The first kappa shape index (κ1) is 119. The molecule has 0 saturated carbocycles. The number of hydrogen-bond donors (Lipinski definition) is 26. The Morgan fingerprint density at radius 2 is 0.757 bits per heavy atom. The van der Waals surface area contributed by atoms with E-state index in [1.807, 2.05) is 0 Å². The van der Waals surface area contributed by atoms with Crippen LogP contribution in [0.4, 0.5) is 0 Å². The van der Waals surface area contributed by atoms with Crippen LogP contribution in [0.2, 0.25) is 0 Å². The number of Topliss-reactive ketones (excluding diaryl/α,β-unsaturated/α-hetero) is 1. The molecule has 6 fully saturated rings. The molecule has 26 N–H and O–H groups in total. The van der Waals surface area contributed by atoms with Crippen molar-refractivity contribution in [1.82, 2.24) is 21.3 Å². The Labute approximate surface area is 792 Å². The van der Waals surface area contributed by atoms with Gasteiger partial charge in [0.1, 0.15) is 122 Å². The molecule has 6 heterocycles. The lowest BCUT2D eigenvalue weighted by Gasteiger charge is -2.53. The van der Waals surface area contributed by atoms with E-state index < -0.39 is 332 Å². The summed E-state index contributed by atoms with van der Waals surface area (Å²) >= 11 is 0. The molecule has 46 nitrogen and oxygen atoms in total. The average Bonchev–Trinajstić information content (AvgIpc) is 0.732. The number of aliphatic hydroxyl groups is 19. The van der Waals surface area contributed by atoms with Gasteiger partial charge in [-0.2, -0.15) is 0 Å². The molecule has 35 unspecified atom stereocenters. The number of hydrogen-bond acceptors (Lipinski definition) is 39. The van der Waals surface area contributed by atoms with Crippen LogP contribution < -0.4 is 21.3 Å². The highest BCUT2D eigenvalue weighted by molar-refractivity contribution is 5.79. The minimum atomic E-state index is -3.70. The van der Waals surface area contributed by atoms with Gasteiger partial charge in [0.05, 0.1) is 101 Å². The Morgan fingerprint density at radius 1 is 0.390 bits per heavy atom. The summed E-state index contributed by atoms with van der Waals surface area (Å²) in [6.07, 6.45) is -35.6. The van der Waals surface area contributed by atoms with Crippen LogP contribution in [0, 0.1) is 5.92 Å². The maximum atomic E-state index is 14.4. The van der Waals surface area contributed by atoms with Gasteiger partial charge in [-0.25, -0.2) is 14.4 Å². The SMILES string of the molecule is CCCCCCCCCCCCCCCCCC(=O)NC(COC1OC(CO)C(OC2OC(CO)C(OC3OC(CO)C(O)C(O)C3CC(C)=O)C(OC3(C(=O)O)CC(O)C(NC(C)=O)C(C(O)C(CO)OC4(C(=O)O)CC(O)C(NC(C)=O)C(C(O)C(CO)OC5(C(=O)O)CC(O)C(NC(C)=O)C(C(O)C(O)CO)O5)O4)O3)C2O)C(O)C1O)C(O)CCCCCCCCCCCCCCC. The molecule has 0 spiro atoms. The largest absolute Gasteiger partial charge is 0.477 e. The second-order valence-electron chi connectivity index (χ2n) is 37.1. The maximum absolute atomic E-state index is 14.4. The quantitative estimate of drug-likeness (QED) is 0.0267. The minimum Gasteiger partial charge on any atom is -0.477 e. The molecule has 0 aromatic heterocycles. The van der Waals surface area contributed by atoms with E-state index in [2.05, 4.69) is 35.1 Å². The highest BCUT2D eigenvalue weighted by Gasteiger charge is 2.65. The van der Waals surface area contributed by atoms with Crippen molar-refractivity contribution >= 4 is 47.3 Å². The first-order valence-corrected chi connectivity index (χ1v) is 48.4. The standard InChI is InChI=1S/C90H158N4O42/c1-7-9-11-13-15-17-19-21-22-24-26-28-30-32-34-36-64(110)94-53(54(105)35-33-31-29-27-25-23-20-18-16-14-12-10-8-2)47-125-83-74(117)73(116)76(62(45-99)127-83)129-84-75(118)81(77(63(46-100)128-84)130-82-52(37-48(3)101)68(111)70(113)59(42-96)126-82)136-90(87(123)124)40-57(108)67(93-51(6)104)80(135-90)72(115)61(44-98)132-89(86(121)122)39-56(107)66(92-50(5)103)79(134-89)71(114)60(43-97)131-88(85(119)120)38-55(106)65(91-49(4)102)78(133-88)69(112)58(109)41-95/h52-63,65-84,95-100,105-109,111-118H,7-47H2,1-6H3,(H,91,102)(H,92,103)(H,93,104)(H,94,110)(H,119,120)(H,121,122)(H,123,124). The van der Waals surface area contributed by atoms with Crippen molar-refractivity contribution < 1.29 is 208 Å². The van der Waals surface area contributed by atoms with Gasteiger partial charge in [-0.05, 0) is 19.8 Å². The Kier molecular flexibility index (Phi) is 52.4. The predicted octanol–water partition coefficient (Wildman–Crippen LogP) is -3.20. The summed E-state index contributed by atoms with van der Waals surface area (Å²) in [5, 5.41) is 261. The number of carboxylic acids is 3. The molecule has 790 valence electrons. The third kappa shape index (κ3) is 34.5. The number of rotatable bonds is 65. The summed E-state index contributed by atoms with van der Waals surface area (Å²) in [6, 6.07) is -7.19. The Balaban J connectivity index is 1.31. The van der Waals surface area contributed by atoms with Crippen LogP contribution >= 0.6 is 0 Å². The molecular weight excluding hydrogens is 1810 g/mol. The number of aliphatic hydroxyl groups excluding tert-OH is 19. The van der Waals surface area contributed by atoms with Crippen molar-refractivity contribution in [3.8, 4) is 0 Å². The van der Waals surface area contributed by atoms with Crippen molar-refractivity contribution in [2.45, 2.75) is 467 Å². The number of unbranched alkanes of at least 4 members (excludes halogenated alkanes) is 26. The first-order valence-electron chi connectivity index (χ1n) is 48.4. The van der Waals surface area contributed by atoms with E-state index >= 15 is 0 Å². The number of carboxylic acid groups (broad SMARTS) is 3. The number of ether oxygens (including phenoxy) is 12. The fraction of sp³-hybridized carbons (Fsp3) is 0.911. The molecule has 0 radical (unpaired) electrons. The summed E-state index contributed by atoms with van der Waals surface area (Å²) in [6.45, 7) is -0.514. The topological polar surface area (TPSA) is 741 Å². The van der Waals surface area contributed by atoms with Crippen LogP contribution in [0.3, 0.4) is 0 Å². The van der Waals surface area contributed by atoms with Crippen LogP contribution in [0.1, 0.15) is 260 Å². The molecule has 6 saturated heterocycles. The van der Waals surface area contributed by atoms with Gasteiger partial charge in [-0.1, -0.05) is 187 Å². The molecule has 0 bridgehead atoms. The number of carbonyl (C=O) groups is 8. The summed E-state index contributed by atoms with van der Waals surface area (Å²) in [4.78, 5) is 107. The average molecular weight is 1970 g/mol. The van der Waals surface area contributed by atoms with Gasteiger partial charge >= 0.3 is 17.9 Å². The van der Waals surface area contributed by atoms with Crippen molar-refractivity contribution in [1.29, 1.82) is 0 Å². The third-order valence-corrected chi connectivity index (χ3v) is 26.1. The van der Waals surface area contributed by atoms with E-state index in [1.165, 1.54) is 96.3 Å². The molecule has 46 heteroatoms. The van der Waals surface area contributed by atoms with Gasteiger partial charge in [0.25, 0.3) is 17.4 Å². The van der Waals surface area contributed by atoms with Crippen LogP contribution in [0.25, 0.3) is 0 Å². The second-order valence-corrected chi connectivity index (χ2v) is 37.1. The van der Waals surface area contributed by atoms with Crippen molar-refractivity contribution in [2.24, 2.45) is 5.92 Å². The molecule has 136 heavy (non-hydrogen) atoms. The number of aliphatic carboxylic acids is 3. The third-order valence-electron chi connectivity index (χ3n) is 26.1. The summed E-state index contributed by atoms with van der Waals surface area (Å²) in [5.74, 6) is -23.5. The van der Waals surface area contributed by atoms with Crippen LogP contribution in [-0.2, 0) is 95.2 Å². The van der Waals surface area contributed by atoms with Crippen molar-refractivity contribution in [2.75, 3.05) is 46.2 Å². The minimum absolute atomic E-state index is 0.107. The first-order chi connectivity index (χ1) is 64.6. The summed E-state index contributed by atoms with van der Waals surface area (Å²) in [5.41, 5.74) is 0. The summed E-state index contributed by atoms with van der Waals surface area (Å²) < 4.78 is 72.0. The zero-order valence-corrected chi connectivity index (χ0v) is 79.0. The fourth-order valence-electron chi connectivity index (χ4n) is 18.6. The zero-order chi connectivity index (χ0) is 101. The summed E-state index contributed by atoms with van der Waals surface area (Å²) in [7, 11) is 0. The van der Waals surface area contributed by atoms with E-state index in [-0.39, 0.29) is 12.8 Å². The maximum Gasteiger partial charge on any atom is 0.364 e. The molecule has 35 atom stereocenters. The van der Waals surface area contributed by atoms with Gasteiger partial charge in [0.2, 0.25) is 23.6 Å². The molecule has 0 aliphatic carbocycles. The van der Waals surface area contributed by atoms with Crippen molar-refractivity contribution in [3.05, 3.63) is 0 Å². The molecule has 0 aromatic rings. The smallest absolute Gasteiger partial charge is 0.364 e. The van der Waals surface area contributed by atoms with E-state index in [4.69, 9.17) is 56.8 Å². The lowest BCUT2D eigenvalue weighted by Crippen LogP contribution is -2.72. The highest BCUT2D eigenvalue weighted by Crippen LogP contribution is 2.45. The van der Waals surface area contributed by atoms with Crippen LogP contribution in [0.5, 0.6) is 0 Å². The number of ketones is 1. The molecule has 6 rings (SSSR count). The zero-order valence-electron chi connectivity index (χ0n) is 79.0. The molecule has 6 aliphatic rings. The Hall–Kier alpha value is -5.28. The monoisotopic (exact) mass is 1970 g/mol. The highest BCUT2D eigenvalue weighted by atomic mass is 16.8. The Bertz CT molecular complexity index is 3520. The number of nitrogens with one attached hydrogen (secondary N) is 4. The fourth-order valence-corrected chi connectivity index (χ4v) is 18.6. The van der Waals surface area contributed by atoms with Crippen molar-refractivity contribution in [3.63, 3.8) is 0 Å². The van der Waals surface area contributed by atoms with Gasteiger partial charge in [-0.15, -0.1) is 0 Å². The van der Waals surface area contributed by atoms with E-state index in [0.717, 1.165) is 98.3 Å². The van der Waals surface area contributed by atoms with Crippen LogP contribution in [0.15, 0.2) is 0 Å². The van der Waals surface area contributed by atoms with Gasteiger partial charge in [0, 0.05) is 58.8 Å². The van der Waals surface area contributed by atoms with E-state index in [0.29, 0.717) is 12.8 Å². The van der Waals surface area contributed by atoms with Gasteiger partial charge in [0.15, 0.2) is 18.9 Å². The number of amides is 4. The molecule has 4 amide bonds. The second kappa shape index (κ2) is 59.7. The number of carbonyl (C=O) groups excluding carboxylic acids is 5. The van der Waals surface area contributed by atoms with E-state index in [9.17, 15) is 151 Å². The lowest BCUT2D eigenvalue weighted by molar-refractivity contribution is -0.404. The lowest BCUT2D eigenvalue weighted by atomic mass is 9.86. The predicted molar refractivity (Wildman–Crippen MR) is 470 cm³/mol. The van der Waals surface area contributed by atoms with E-state index in [1.54, 1.807) is 0 Å². The molecule has 0 aromatic carbocycles. The normalized spacial score (nSPS) is 33.9. The molecule has 6 aliphatic heterocycles. The molecular formula is C90H158N4O42. The van der Waals surface area contributed by atoms with Gasteiger partial charge < -0.3 is 195 Å².